The van der Waals surface area contributed by atoms with E-state index in [2.05, 4.69) is 10.6 Å². The van der Waals surface area contributed by atoms with Crippen LogP contribution in [0.15, 0.2) is 47.1 Å². The van der Waals surface area contributed by atoms with E-state index >= 15 is 0 Å². The summed E-state index contributed by atoms with van der Waals surface area (Å²) in [6.07, 6.45) is 5.51. The smallest absolute Gasteiger partial charge is 0.282 e. The maximum Gasteiger partial charge on any atom is 0.282 e. The Morgan fingerprint density at radius 3 is 2.62 bits per heavy atom. The highest BCUT2D eigenvalue weighted by molar-refractivity contribution is 5.93. The third-order valence-corrected chi connectivity index (χ3v) is 5.13. The van der Waals surface area contributed by atoms with Gasteiger partial charge >= 0.3 is 0 Å². The third kappa shape index (κ3) is 4.93. The predicted molar refractivity (Wildman–Crippen MR) is 97.3 cm³/mol. The minimum absolute atomic E-state index is 0.0801. The summed E-state index contributed by atoms with van der Waals surface area (Å²) in [5, 5.41) is 4.90. The molecule has 0 bridgehead atoms. The second-order valence-electron chi connectivity index (χ2n) is 7.04. The zero-order chi connectivity index (χ0) is 18.4. The van der Waals surface area contributed by atoms with E-state index in [1.54, 1.807) is 18.4 Å². The summed E-state index contributed by atoms with van der Waals surface area (Å²) < 4.78 is 18.6. The SMILES string of the molecule is C[C@@H]([NH2+]C[C@@H](c1ccco1)[NH+]1CCCCC1)C(=O)Nc1ccc(F)cc1. The Bertz CT molecular complexity index is 682. The third-order valence-electron chi connectivity index (χ3n) is 5.13. The fourth-order valence-corrected chi connectivity index (χ4v) is 3.56. The fraction of sp³-hybridized carbons (Fsp3) is 0.450. The molecule has 0 unspecified atom stereocenters. The summed E-state index contributed by atoms with van der Waals surface area (Å²) in [4.78, 5) is 13.9. The molecule has 140 valence electrons. The average Bonchev–Trinajstić information content (AvgIpc) is 3.19. The van der Waals surface area contributed by atoms with Crippen LogP contribution in [-0.4, -0.2) is 31.6 Å². The normalized spacial score (nSPS) is 17.6. The van der Waals surface area contributed by atoms with Gasteiger partial charge in [0.25, 0.3) is 5.91 Å². The minimum Gasteiger partial charge on any atom is -0.463 e. The number of rotatable bonds is 7. The number of halogens is 1. The van der Waals surface area contributed by atoms with Gasteiger partial charge in [-0.3, -0.25) is 4.79 Å². The van der Waals surface area contributed by atoms with Gasteiger partial charge in [-0.05, 0) is 62.6 Å². The number of nitrogens with one attached hydrogen (secondary N) is 2. The van der Waals surface area contributed by atoms with Gasteiger partial charge in [-0.25, -0.2) is 4.39 Å². The molecule has 1 fully saturated rings. The number of carbonyl (C=O) groups excluding carboxylic acids is 1. The van der Waals surface area contributed by atoms with Gasteiger partial charge < -0.3 is 20.0 Å². The average molecular weight is 361 g/mol. The topological polar surface area (TPSA) is 63.3 Å². The van der Waals surface area contributed by atoms with Crippen LogP contribution >= 0.6 is 0 Å². The number of carbonyl (C=O) groups is 1. The van der Waals surface area contributed by atoms with Crippen molar-refractivity contribution in [2.24, 2.45) is 0 Å². The van der Waals surface area contributed by atoms with E-state index in [0.717, 1.165) is 25.4 Å². The lowest BCUT2D eigenvalue weighted by Crippen LogP contribution is -3.16. The number of piperidine rings is 1. The molecule has 0 saturated carbocycles. The van der Waals surface area contributed by atoms with Crippen LogP contribution in [0.1, 0.15) is 38.0 Å². The molecule has 1 aliphatic rings. The summed E-state index contributed by atoms with van der Waals surface area (Å²) in [7, 11) is 0. The van der Waals surface area contributed by atoms with Crippen molar-refractivity contribution in [3.8, 4) is 0 Å². The zero-order valence-electron chi connectivity index (χ0n) is 15.2. The zero-order valence-corrected chi connectivity index (χ0v) is 15.2. The molecule has 0 radical (unpaired) electrons. The van der Waals surface area contributed by atoms with Crippen LogP contribution < -0.4 is 15.5 Å². The van der Waals surface area contributed by atoms with Gasteiger partial charge in [0.05, 0.1) is 19.4 Å². The monoisotopic (exact) mass is 361 g/mol. The van der Waals surface area contributed by atoms with Crippen LogP contribution in [0, 0.1) is 5.82 Å². The van der Waals surface area contributed by atoms with E-state index in [-0.39, 0.29) is 23.8 Å². The highest BCUT2D eigenvalue weighted by atomic mass is 19.1. The van der Waals surface area contributed by atoms with Gasteiger partial charge in [0.2, 0.25) is 0 Å². The Balaban J connectivity index is 1.57. The number of quaternary nitrogens is 2. The van der Waals surface area contributed by atoms with E-state index in [9.17, 15) is 9.18 Å². The van der Waals surface area contributed by atoms with Crippen LogP contribution in [0.3, 0.4) is 0 Å². The Morgan fingerprint density at radius 1 is 1.23 bits per heavy atom. The molecular weight excluding hydrogens is 333 g/mol. The van der Waals surface area contributed by atoms with Crippen LogP contribution in [0.2, 0.25) is 0 Å². The molecule has 4 N–H and O–H groups in total. The molecular formula is C20H28FN3O2+2. The molecule has 0 aliphatic carbocycles. The number of likely N-dealkylation sites (tertiary alicyclic amines) is 1. The first kappa shape index (κ1) is 18.6. The molecule has 1 amide bonds. The fourth-order valence-electron chi connectivity index (χ4n) is 3.56. The summed E-state index contributed by atoms with van der Waals surface area (Å²) in [5.41, 5.74) is 0.612. The summed E-state index contributed by atoms with van der Waals surface area (Å²) in [5.74, 6) is 0.598. The second kappa shape index (κ2) is 8.96. The van der Waals surface area contributed by atoms with E-state index in [1.165, 1.54) is 36.3 Å². The van der Waals surface area contributed by atoms with Crippen molar-refractivity contribution in [2.75, 3.05) is 25.0 Å². The summed E-state index contributed by atoms with van der Waals surface area (Å²) in [6, 6.07) is 9.81. The number of furan rings is 1. The largest absolute Gasteiger partial charge is 0.463 e. The number of hydrogen-bond donors (Lipinski definition) is 3. The number of anilines is 1. The highest BCUT2D eigenvalue weighted by Gasteiger charge is 2.31. The molecule has 1 aromatic heterocycles. The van der Waals surface area contributed by atoms with E-state index < -0.39 is 0 Å². The van der Waals surface area contributed by atoms with Gasteiger partial charge in [-0.2, -0.15) is 0 Å². The maximum absolute atomic E-state index is 13.0. The van der Waals surface area contributed by atoms with E-state index in [1.807, 2.05) is 19.1 Å². The number of hydrogen-bond acceptors (Lipinski definition) is 2. The number of amides is 1. The van der Waals surface area contributed by atoms with Crippen LogP contribution in [-0.2, 0) is 4.79 Å². The quantitative estimate of drug-likeness (QED) is 0.692. The Labute approximate surface area is 153 Å². The maximum atomic E-state index is 13.0. The molecule has 1 aliphatic heterocycles. The van der Waals surface area contributed by atoms with Crippen molar-refractivity contribution in [3.05, 3.63) is 54.2 Å². The lowest BCUT2D eigenvalue weighted by molar-refractivity contribution is -0.951. The molecule has 1 saturated heterocycles. The van der Waals surface area contributed by atoms with Crippen molar-refractivity contribution < 1.29 is 23.8 Å². The molecule has 2 atom stereocenters. The molecule has 5 nitrogen and oxygen atoms in total. The first-order valence-corrected chi connectivity index (χ1v) is 9.41. The molecule has 26 heavy (non-hydrogen) atoms. The van der Waals surface area contributed by atoms with Crippen molar-refractivity contribution in [2.45, 2.75) is 38.3 Å². The number of nitrogens with two attached hydrogens (primary N) is 1. The van der Waals surface area contributed by atoms with Gasteiger partial charge in [0.15, 0.2) is 17.8 Å². The summed E-state index contributed by atoms with van der Waals surface area (Å²) >= 11 is 0. The predicted octanol–water partition coefficient (Wildman–Crippen LogP) is 1.12. The lowest BCUT2D eigenvalue weighted by atomic mass is 10.1. The van der Waals surface area contributed by atoms with Crippen LogP contribution in [0.4, 0.5) is 10.1 Å². The molecule has 2 heterocycles. The molecule has 2 aromatic rings. The number of benzene rings is 1. The van der Waals surface area contributed by atoms with Gasteiger partial charge in [-0.15, -0.1) is 0 Å². The van der Waals surface area contributed by atoms with Gasteiger partial charge in [0, 0.05) is 5.69 Å². The van der Waals surface area contributed by atoms with Crippen LogP contribution in [0.5, 0.6) is 0 Å². The molecule has 1 aromatic carbocycles. The second-order valence-corrected chi connectivity index (χ2v) is 7.04. The minimum atomic E-state index is -0.312. The van der Waals surface area contributed by atoms with Crippen molar-refractivity contribution in [1.29, 1.82) is 0 Å². The molecule has 6 heteroatoms. The summed E-state index contributed by atoms with van der Waals surface area (Å²) in [6.45, 7) is 4.98. The lowest BCUT2D eigenvalue weighted by Gasteiger charge is -2.29. The van der Waals surface area contributed by atoms with Crippen molar-refractivity contribution >= 4 is 11.6 Å². The van der Waals surface area contributed by atoms with E-state index in [4.69, 9.17) is 4.42 Å². The Morgan fingerprint density at radius 2 is 1.96 bits per heavy atom. The highest BCUT2D eigenvalue weighted by Crippen LogP contribution is 2.11. The Kier molecular flexibility index (Phi) is 6.41. The van der Waals surface area contributed by atoms with E-state index in [0.29, 0.717) is 5.69 Å². The van der Waals surface area contributed by atoms with Gasteiger partial charge in [0.1, 0.15) is 12.4 Å². The van der Waals surface area contributed by atoms with Crippen LogP contribution in [0.25, 0.3) is 0 Å². The first-order chi connectivity index (χ1) is 12.6. The van der Waals surface area contributed by atoms with Crippen molar-refractivity contribution in [3.63, 3.8) is 0 Å². The standard InChI is InChI=1S/C20H26FN3O2/c1-15(20(25)23-17-9-7-16(21)8-10-17)22-14-18(19-6-5-13-26-19)24-11-3-2-4-12-24/h5-10,13,15,18,22H,2-4,11-12,14H2,1H3,(H,23,25)/p+2/t15-,18+/m1/s1. The molecule has 0 spiro atoms. The van der Waals surface area contributed by atoms with Crippen molar-refractivity contribution in [1.82, 2.24) is 0 Å². The molecule has 3 rings (SSSR count). The Hall–Kier alpha value is -2.18. The van der Waals surface area contributed by atoms with Gasteiger partial charge in [-0.1, -0.05) is 0 Å². The first-order valence-electron chi connectivity index (χ1n) is 9.41.